The van der Waals surface area contributed by atoms with E-state index in [0.717, 1.165) is 5.56 Å². The molecule has 2 rings (SSSR count). The van der Waals surface area contributed by atoms with Crippen molar-refractivity contribution in [3.05, 3.63) is 70.7 Å². The van der Waals surface area contributed by atoms with Gasteiger partial charge in [-0.3, -0.25) is 4.79 Å². The fourth-order valence-corrected chi connectivity index (χ4v) is 2.70. The highest BCUT2D eigenvalue weighted by atomic mass is 35.5. The first kappa shape index (κ1) is 17.5. The molecule has 0 radical (unpaired) electrons. The van der Waals surface area contributed by atoms with Crippen LogP contribution in [0.1, 0.15) is 31.0 Å². The van der Waals surface area contributed by atoms with Gasteiger partial charge in [0.05, 0.1) is 6.54 Å². The van der Waals surface area contributed by atoms with Crippen LogP contribution in [0, 0.1) is 5.92 Å². The Kier molecular flexibility index (Phi) is 6.63. The number of hydrogen-bond acceptors (Lipinski definition) is 2. The molecule has 0 heterocycles. The van der Waals surface area contributed by atoms with Crippen molar-refractivity contribution in [2.24, 2.45) is 5.92 Å². The first-order valence-electron chi connectivity index (χ1n) is 7.86. The Morgan fingerprint density at radius 2 is 1.70 bits per heavy atom. The molecule has 122 valence electrons. The molecule has 0 saturated carbocycles. The van der Waals surface area contributed by atoms with Gasteiger partial charge in [-0.05, 0) is 23.1 Å². The van der Waals surface area contributed by atoms with Crippen molar-refractivity contribution in [2.75, 3.05) is 6.54 Å². The van der Waals surface area contributed by atoms with E-state index >= 15 is 0 Å². The monoisotopic (exact) mass is 330 g/mol. The van der Waals surface area contributed by atoms with E-state index in [4.69, 9.17) is 11.6 Å². The van der Waals surface area contributed by atoms with E-state index in [0.29, 0.717) is 17.5 Å². The zero-order chi connectivity index (χ0) is 16.7. The fraction of sp³-hybridized carbons (Fsp3) is 0.316. The lowest BCUT2D eigenvalue weighted by atomic mass is 9.96. The molecule has 0 spiro atoms. The normalized spacial score (nSPS) is 12.2. The maximum Gasteiger partial charge on any atom is 0.234 e. The Balaban J connectivity index is 1.86. The standard InChI is InChI=1S/C19H23ClN2O/c1-14(2)19(15-8-4-3-5-9-15)22-13-18(23)21-12-16-10-6-7-11-17(16)20/h3-11,14,19,22H,12-13H2,1-2H3,(H,21,23)/t19-/m0/s1. The number of amides is 1. The summed E-state index contributed by atoms with van der Waals surface area (Å²) in [6, 6.07) is 17.9. The largest absolute Gasteiger partial charge is 0.351 e. The van der Waals surface area contributed by atoms with Gasteiger partial charge < -0.3 is 10.6 Å². The van der Waals surface area contributed by atoms with Crippen LogP contribution in [0.3, 0.4) is 0 Å². The third-order valence-corrected chi connectivity index (χ3v) is 4.11. The first-order valence-corrected chi connectivity index (χ1v) is 8.24. The Morgan fingerprint density at radius 1 is 1.04 bits per heavy atom. The number of benzene rings is 2. The highest BCUT2D eigenvalue weighted by Crippen LogP contribution is 2.20. The molecule has 2 aromatic rings. The molecule has 2 N–H and O–H groups in total. The minimum Gasteiger partial charge on any atom is -0.351 e. The van der Waals surface area contributed by atoms with Gasteiger partial charge in [0.2, 0.25) is 5.91 Å². The van der Waals surface area contributed by atoms with Crippen LogP contribution >= 0.6 is 11.6 Å². The number of rotatable bonds is 7. The summed E-state index contributed by atoms with van der Waals surface area (Å²) in [7, 11) is 0. The van der Waals surface area contributed by atoms with Crippen LogP contribution in [-0.4, -0.2) is 12.5 Å². The quantitative estimate of drug-likeness (QED) is 0.807. The van der Waals surface area contributed by atoms with Crippen molar-refractivity contribution in [2.45, 2.75) is 26.4 Å². The molecule has 0 aromatic heterocycles. The molecule has 0 aliphatic carbocycles. The number of halogens is 1. The summed E-state index contributed by atoms with van der Waals surface area (Å²) in [4.78, 5) is 12.1. The third kappa shape index (κ3) is 5.38. The predicted octanol–water partition coefficient (Wildman–Crippen LogP) is 3.94. The summed E-state index contributed by atoms with van der Waals surface area (Å²) in [5.41, 5.74) is 2.12. The number of nitrogens with one attached hydrogen (secondary N) is 2. The lowest BCUT2D eigenvalue weighted by Gasteiger charge is -2.22. The minimum atomic E-state index is -0.0356. The zero-order valence-electron chi connectivity index (χ0n) is 13.6. The fourth-order valence-electron chi connectivity index (χ4n) is 2.50. The molecule has 0 aliphatic heterocycles. The van der Waals surface area contributed by atoms with E-state index in [-0.39, 0.29) is 18.5 Å². The summed E-state index contributed by atoms with van der Waals surface area (Å²) in [5, 5.41) is 6.91. The van der Waals surface area contributed by atoms with Gasteiger partial charge in [0.15, 0.2) is 0 Å². The SMILES string of the molecule is CC(C)[C@H](NCC(=O)NCc1ccccc1Cl)c1ccccc1. The number of hydrogen-bond donors (Lipinski definition) is 2. The second-order valence-electron chi connectivity index (χ2n) is 5.88. The lowest BCUT2D eigenvalue weighted by molar-refractivity contribution is -0.120. The molecule has 23 heavy (non-hydrogen) atoms. The van der Waals surface area contributed by atoms with Gasteiger partial charge in [0.25, 0.3) is 0 Å². The Labute approximate surface area is 143 Å². The van der Waals surface area contributed by atoms with Crippen LogP contribution in [0.4, 0.5) is 0 Å². The second kappa shape index (κ2) is 8.70. The van der Waals surface area contributed by atoms with Gasteiger partial charge in [0, 0.05) is 17.6 Å². The molecular formula is C19H23ClN2O. The molecule has 0 bridgehead atoms. The van der Waals surface area contributed by atoms with E-state index in [1.807, 2.05) is 42.5 Å². The molecule has 0 saturated heterocycles. The molecule has 0 unspecified atom stereocenters. The highest BCUT2D eigenvalue weighted by molar-refractivity contribution is 6.31. The van der Waals surface area contributed by atoms with Gasteiger partial charge in [-0.1, -0.05) is 74.0 Å². The Hall–Kier alpha value is -1.84. The van der Waals surface area contributed by atoms with E-state index < -0.39 is 0 Å². The molecule has 3 nitrogen and oxygen atoms in total. The van der Waals surface area contributed by atoms with Crippen LogP contribution in [0.2, 0.25) is 5.02 Å². The lowest BCUT2D eigenvalue weighted by Crippen LogP contribution is -2.37. The Morgan fingerprint density at radius 3 is 2.35 bits per heavy atom. The Bertz CT molecular complexity index is 628. The third-order valence-electron chi connectivity index (χ3n) is 3.74. The maximum absolute atomic E-state index is 12.1. The summed E-state index contributed by atoms with van der Waals surface area (Å²) in [5.74, 6) is 0.361. The van der Waals surface area contributed by atoms with Crippen LogP contribution in [0.25, 0.3) is 0 Å². The summed E-state index contributed by atoms with van der Waals surface area (Å²) in [6.07, 6.45) is 0. The van der Waals surface area contributed by atoms with Crippen LogP contribution in [0.15, 0.2) is 54.6 Å². The molecule has 2 aromatic carbocycles. The smallest absolute Gasteiger partial charge is 0.234 e. The molecule has 1 atom stereocenters. The van der Waals surface area contributed by atoms with Crippen molar-refractivity contribution >= 4 is 17.5 Å². The number of carbonyl (C=O) groups excluding carboxylic acids is 1. The topological polar surface area (TPSA) is 41.1 Å². The molecule has 0 aliphatic rings. The van der Waals surface area contributed by atoms with Gasteiger partial charge in [-0.2, -0.15) is 0 Å². The van der Waals surface area contributed by atoms with E-state index in [1.165, 1.54) is 5.56 Å². The number of carbonyl (C=O) groups is 1. The van der Waals surface area contributed by atoms with Crippen molar-refractivity contribution in [3.63, 3.8) is 0 Å². The van der Waals surface area contributed by atoms with Crippen molar-refractivity contribution in [3.8, 4) is 0 Å². The van der Waals surface area contributed by atoms with Crippen LogP contribution in [0.5, 0.6) is 0 Å². The molecule has 4 heteroatoms. The van der Waals surface area contributed by atoms with Crippen molar-refractivity contribution in [1.29, 1.82) is 0 Å². The van der Waals surface area contributed by atoms with E-state index in [9.17, 15) is 4.79 Å². The van der Waals surface area contributed by atoms with Crippen LogP contribution < -0.4 is 10.6 Å². The van der Waals surface area contributed by atoms with Gasteiger partial charge >= 0.3 is 0 Å². The molecular weight excluding hydrogens is 308 g/mol. The first-order chi connectivity index (χ1) is 11.1. The van der Waals surface area contributed by atoms with Crippen LogP contribution in [-0.2, 0) is 11.3 Å². The predicted molar refractivity (Wildman–Crippen MR) is 95.3 cm³/mol. The van der Waals surface area contributed by atoms with Crippen molar-refractivity contribution in [1.82, 2.24) is 10.6 Å². The molecule has 0 fully saturated rings. The zero-order valence-corrected chi connectivity index (χ0v) is 14.3. The summed E-state index contributed by atoms with van der Waals surface area (Å²) >= 11 is 6.09. The van der Waals surface area contributed by atoms with Gasteiger partial charge in [-0.15, -0.1) is 0 Å². The summed E-state index contributed by atoms with van der Waals surface area (Å²) < 4.78 is 0. The molecule has 1 amide bonds. The second-order valence-corrected chi connectivity index (χ2v) is 6.29. The van der Waals surface area contributed by atoms with E-state index in [1.54, 1.807) is 0 Å². The summed E-state index contributed by atoms with van der Waals surface area (Å²) in [6.45, 7) is 5.01. The average Bonchev–Trinajstić information content (AvgIpc) is 2.55. The minimum absolute atomic E-state index is 0.0356. The highest BCUT2D eigenvalue weighted by Gasteiger charge is 2.16. The van der Waals surface area contributed by atoms with Gasteiger partial charge in [-0.25, -0.2) is 0 Å². The van der Waals surface area contributed by atoms with Crippen molar-refractivity contribution < 1.29 is 4.79 Å². The average molecular weight is 331 g/mol. The van der Waals surface area contributed by atoms with E-state index in [2.05, 4.69) is 36.6 Å². The van der Waals surface area contributed by atoms with Gasteiger partial charge in [0.1, 0.15) is 0 Å². The maximum atomic E-state index is 12.1.